The second-order valence-electron chi connectivity index (χ2n) is 5.78. The molecular weight excluding hydrogens is 252 g/mol. The van der Waals surface area contributed by atoms with Gasteiger partial charge in [0.05, 0.1) is 11.2 Å². The molecular formula is C16H24N2O2. The maximum Gasteiger partial charge on any atom is 0.256 e. The molecule has 1 atom stereocenters. The Kier molecular flexibility index (Phi) is 4.33. The zero-order valence-corrected chi connectivity index (χ0v) is 12.8. The van der Waals surface area contributed by atoms with Crippen LogP contribution in [0, 0.1) is 6.92 Å². The molecule has 4 nitrogen and oxygen atoms in total. The van der Waals surface area contributed by atoms with E-state index in [1.165, 1.54) is 0 Å². The highest BCUT2D eigenvalue weighted by Gasteiger charge is 2.33. The van der Waals surface area contributed by atoms with Crippen molar-refractivity contribution in [1.29, 1.82) is 0 Å². The van der Waals surface area contributed by atoms with Crippen LogP contribution in [0.25, 0.3) is 0 Å². The number of anilines is 1. The molecule has 1 aliphatic rings. The average molecular weight is 276 g/mol. The summed E-state index contributed by atoms with van der Waals surface area (Å²) in [5, 5.41) is 3.10. The Bertz CT molecular complexity index is 501. The van der Waals surface area contributed by atoms with Gasteiger partial charge in [0.15, 0.2) is 0 Å². The molecule has 1 amide bonds. The first-order chi connectivity index (χ1) is 9.49. The fraction of sp³-hybridized carbons (Fsp3) is 0.562. The zero-order chi connectivity index (χ0) is 14.8. The quantitative estimate of drug-likeness (QED) is 0.923. The number of ether oxygens (including phenoxy) is 1. The van der Waals surface area contributed by atoms with Gasteiger partial charge < -0.3 is 15.0 Å². The number of likely N-dealkylation sites (tertiary alicyclic amines) is 1. The van der Waals surface area contributed by atoms with Gasteiger partial charge in [-0.25, -0.2) is 0 Å². The summed E-state index contributed by atoms with van der Waals surface area (Å²) in [5.74, 6) is 0.0843. The molecule has 0 bridgehead atoms. The monoisotopic (exact) mass is 276 g/mol. The molecule has 0 aliphatic carbocycles. The van der Waals surface area contributed by atoms with E-state index in [1.807, 2.05) is 37.1 Å². The van der Waals surface area contributed by atoms with E-state index in [9.17, 15) is 4.79 Å². The lowest BCUT2D eigenvalue weighted by molar-refractivity contribution is -0.0439. The molecule has 0 spiro atoms. The van der Waals surface area contributed by atoms with Gasteiger partial charge in [-0.2, -0.15) is 0 Å². The number of aryl methyl sites for hydroxylation is 1. The molecule has 1 N–H and O–H groups in total. The first kappa shape index (κ1) is 14.9. The molecule has 2 rings (SSSR count). The Morgan fingerprint density at radius 2 is 2.20 bits per heavy atom. The van der Waals surface area contributed by atoms with E-state index in [-0.39, 0.29) is 11.5 Å². The van der Waals surface area contributed by atoms with E-state index < -0.39 is 0 Å². The van der Waals surface area contributed by atoms with Gasteiger partial charge in [-0.15, -0.1) is 0 Å². The summed E-state index contributed by atoms with van der Waals surface area (Å²) in [6.07, 6.45) is 1.98. The SMILES string of the molecule is CNc1ccc(C)cc1C(=O)N1CCCC(C)(OC)C1. The van der Waals surface area contributed by atoms with Crippen LogP contribution in [-0.4, -0.2) is 43.7 Å². The van der Waals surface area contributed by atoms with Crippen LogP contribution >= 0.6 is 0 Å². The highest BCUT2D eigenvalue weighted by atomic mass is 16.5. The maximum atomic E-state index is 12.8. The van der Waals surface area contributed by atoms with Gasteiger partial charge in [0.25, 0.3) is 5.91 Å². The number of methoxy groups -OCH3 is 1. The van der Waals surface area contributed by atoms with Gasteiger partial charge >= 0.3 is 0 Å². The number of hydrogen-bond donors (Lipinski definition) is 1. The second-order valence-corrected chi connectivity index (χ2v) is 5.78. The summed E-state index contributed by atoms with van der Waals surface area (Å²) in [4.78, 5) is 14.7. The van der Waals surface area contributed by atoms with Crippen molar-refractivity contribution in [1.82, 2.24) is 4.90 Å². The lowest BCUT2D eigenvalue weighted by Crippen LogP contribution is -2.49. The summed E-state index contributed by atoms with van der Waals surface area (Å²) >= 11 is 0. The topological polar surface area (TPSA) is 41.6 Å². The Balaban J connectivity index is 2.25. The number of piperidine rings is 1. The van der Waals surface area contributed by atoms with Crippen LogP contribution < -0.4 is 5.32 Å². The third-order valence-electron chi connectivity index (χ3n) is 4.11. The first-order valence-electron chi connectivity index (χ1n) is 7.12. The fourth-order valence-corrected chi connectivity index (χ4v) is 2.77. The largest absolute Gasteiger partial charge is 0.387 e. The molecule has 1 unspecified atom stereocenters. The van der Waals surface area contributed by atoms with Crippen molar-refractivity contribution in [2.45, 2.75) is 32.3 Å². The summed E-state index contributed by atoms with van der Waals surface area (Å²) in [6.45, 7) is 5.53. The van der Waals surface area contributed by atoms with Gasteiger partial charge in [0, 0.05) is 32.9 Å². The van der Waals surface area contributed by atoms with Gasteiger partial charge in [0.1, 0.15) is 0 Å². The van der Waals surface area contributed by atoms with E-state index >= 15 is 0 Å². The Hall–Kier alpha value is -1.55. The van der Waals surface area contributed by atoms with Gasteiger partial charge in [-0.1, -0.05) is 11.6 Å². The number of carbonyl (C=O) groups is 1. The summed E-state index contributed by atoms with van der Waals surface area (Å²) in [6, 6.07) is 5.92. The zero-order valence-electron chi connectivity index (χ0n) is 12.8. The highest BCUT2D eigenvalue weighted by molar-refractivity contribution is 5.99. The van der Waals surface area contributed by atoms with Gasteiger partial charge in [-0.3, -0.25) is 4.79 Å². The third kappa shape index (κ3) is 2.96. The van der Waals surface area contributed by atoms with E-state index in [0.29, 0.717) is 6.54 Å². The molecule has 0 aromatic heterocycles. The van der Waals surface area contributed by atoms with Crippen molar-refractivity contribution in [3.05, 3.63) is 29.3 Å². The molecule has 110 valence electrons. The van der Waals surface area contributed by atoms with E-state index in [4.69, 9.17) is 4.74 Å². The van der Waals surface area contributed by atoms with Crippen molar-refractivity contribution in [3.8, 4) is 0 Å². The Labute approximate surface area is 121 Å². The summed E-state index contributed by atoms with van der Waals surface area (Å²) < 4.78 is 5.57. The summed E-state index contributed by atoms with van der Waals surface area (Å²) in [5.41, 5.74) is 2.49. The molecule has 1 fully saturated rings. The predicted octanol–water partition coefficient (Wildman–Crippen LogP) is 2.68. The van der Waals surface area contributed by atoms with E-state index in [2.05, 4.69) is 12.2 Å². The van der Waals surface area contributed by atoms with Gasteiger partial charge in [0.2, 0.25) is 0 Å². The minimum Gasteiger partial charge on any atom is -0.387 e. The Morgan fingerprint density at radius 1 is 1.45 bits per heavy atom. The van der Waals surface area contributed by atoms with Crippen LogP contribution in [0.2, 0.25) is 0 Å². The normalized spacial score (nSPS) is 22.7. The van der Waals surface area contributed by atoms with Crippen LogP contribution in [0.1, 0.15) is 35.7 Å². The summed E-state index contributed by atoms with van der Waals surface area (Å²) in [7, 11) is 3.57. The van der Waals surface area contributed by atoms with Crippen LogP contribution in [0.4, 0.5) is 5.69 Å². The number of nitrogens with zero attached hydrogens (tertiary/aromatic N) is 1. The standard InChI is InChI=1S/C16H24N2O2/c1-12-6-7-14(17-3)13(10-12)15(19)18-9-5-8-16(2,11-18)20-4/h6-7,10,17H,5,8-9,11H2,1-4H3. The fourth-order valence-electron chi connectivity index (χ4n) is 2.77. The number of rotatable bonds is 3. The number of nitrogens with one attached hydrogen (secondary N) is 1. The predicted molar refractivity (Wildman–Crippen MR) is 81.3 cm³/mol. The molecule has 1 heterocycles. The number of amides is 1. The van der Waals surface area contributed by atoms with Crippen molar-refractivity contribution in [3.63, 3.8) is 0 Å². The number of carbonyl (C=O) groups excluding carboxylic acids is 1. The van der Waals surface area contributed by atoms with Crippen molar-refractivity contribution in [2.75, 3.05) is 32.6 Å². The average Bonchev–Trinajstić information content (AvgIpc) is 2.46. The molecule has 1 aliphatic heterocycles. The minimum absolute atomic E-state index is 0.0843. The smallest absolute Gasteiger partial charge is 0.256 e. The molecule has 1 saturated heterocycles. The van der Waals surface area contributed by atoms with Crippen LogP contribution in [-0.2, 0) is 4.74 Å². The minimum atomic E-state index is -0.225. The van der Waals surface area contributed by atoms with Crippen LogP contribution in [0.15, 0.2) is 18.2 Å². The van der Waals surface area contributed by atoms with E-state index in [1.54, 1.807) is 7.11 Å². The maximum absolute atomic E-state index is 12.8. The molecule has 1 aromatic rings. The molecule has 4 heteroatoms. The van der Waals surface area contributed by atoms with Crippen LogP contribution in [0.5, 0.6) is 0 Å². The van der Waals surface area contributed by atoms with Crippen molar-refractivity contribution < 1.29 is 9.53 Å². The van der Waals surface area contributed by atoms with Crippen LogP contribution in [0.3, 0.4) is 0 Å². The molecule has 0 radical (unpaired) electrons. The van der Waals surface area contributed by atoms with Crippen molar-refractivity contribution in [2.24, 2.45) is 0 Å². The molecule has 0 saturated carbocycles. The number of benzene rings is 1. The third-order valence-corrected chi connectivity index (χ3v) is 4.11. The lowest BCUT2D eigenvalue weighted by atomic mass is 9.94. The number of hydrogen-bond acceptors (Lipinski definition) is 3. The second kappa shape index (κ2) is 5.83. The van der Waals surface area contributed by atoms with Crippen molar-refractivity contribution >= 4 is 11.6 Å². The van der Waals surface area contributed by atoms with Gasteiger partial charge in [-0.05, 0) is 38.8 Å². The lowest BCUT2D eigenvalue weighted by Gasteiger charge is -2.39. The Morgan fingerprint density at radius 3 is 2.85 bits per heavy atom. The molecule has 20 heavy (non-hydrogen) atoms. The highest BCUT2D eigenvalue weighted by Crippen LogP contribution is 2.27. The first-order valence-corrected chi connectivity index (χ1v) is 7.12. The van der Waals surface area contributed by atoms with E-state index in [0.717, 1.165) is 36.2 Å². The molecule has 1 aromatic carbocycles.